The number of phenolic OH excluding ortho intramolecular Hbond substituents is 2. The molecule has 0 heterocycles. The van der Waals surface area contributed by atoms with Crippen molar-refractivity contribution in [2.75, 3.05) is 0 Å². The van der Waals surface area contributed by atoms with E-state index in [1.54, 1.807) is 0 Å². The van der Waals surface area contributed by atoms with Crippen LogP contribution in [0.4, 0.5) is 0 Å². The van der Waals surface area contributed by atoms with Gasteiger partial charge >= 0.3 is 0 Å². The fraction of sp³-hybridized carbons (Fsp3) is 0.364. The van der Waals surface area contributed by atoms with Gasteiger partial charge in [-0.05, 0) is 51.7 Å². The van der Waals surface area contributed by atoms with E-state index in [0.29, 0.717) is 11.5 Å². The van der Waals surface area contributed by atoms with Crippen molar-refractivity contribution in [3.05, 3.63) is 69.8 Å². The van der Waals surface area contributed by atoms with Crippen molar-refractivity contribution in [1.82, 2.24) is 0 Å². The van der Waals surface area contributed by atoms with Crippen LogP contribution < -0.4 is 0 Å². The maximum atomic E-state index is 10.7. The highest BCUT2D eigenvalue weighted by Crippen LogP contribution is 2.43. The van der Waals surface area contributed by atoms with Gasteiger partial charge in [0.15, 0.2) is 0 Å². The molecule has 2 aromatic carbocycles. The normalized spacial score (nSPS) is 13.0. The summed E-state index contributed by atoms with van der Waals surface area (Å²) >= 11 is 0. The van der Waals surface area contributed by atoms with Gasteiger partial charge in [-0.3, -0.25) is 0 Å². The molecule has 0 saturated carbocycles. The third-order valence-electron chi connectivity index (χ3n) is 4.64. The molecule has 1 unspecified atom stereocenters. The second kappa shape index (κ2) is 7.12. The molecule has 1 atom stereocenters. The number of phenols is 2. The van der Waals surface area contributed by atoms with Crippen LogP contribution in [0.5, 0.6) is 11.5 Å². The molecule has 0 aliphatic heterocycles. The highest BCUT2D eigenvalue weighted by molar-refractivity contribution is 5.54. The standard InChI is InChI=1S/C22H28O2/c1-7-8-15(4)20(18-11-13(2)9-16(5)21(18)23)19-12-14(3)10-17(6)22(19)24/h7-12,15,20,23-24H,1-6H3/b8-7+. The fourth-order valence-electron chi connectivity index (χ4n) is 3.61. The first-order chi connectivity index (χ1) is 11.3. The Morgan fingerprint density at radius 2 is 1.21 bits per heavy atom. The summed E-state index contributed by atoms with van der Waals surface area (Å²) in [4.78, 5) is 0. The summed E-state index contributed by atoms with van der Waals surface area (Å²) in [5, 5.41) is 21.4. The minimum absolute atomic E-state index is 0.0987. The lowest BCUT2D eigenvalue weighted by Gasteiger charge is -2.26. The molecule has 24 heavy (non-hydrogen) atoms. The zero-order valence-corrected chi connectivity index (χ0v) is 15.5. The number of benzene rings is 2. The second-order valence-corrected chi connectivity index (χ2v) is 6.90. The molecule has 0 aromatic heterocycles. The molecule has 2 heteroatoms. The SMILES string of the molecule is C/C=C/C(C)C(c1cc(C)cc(C)c1O)c1cc(C)cc(C)c1O. The Labute approximate surface area is 145 Å². The van der Waals surface area contributed by atoms with Crippen molar-refractivity contribution < 1.29 is 10.2 Å². The first-order valence-corrected chi connectivity index (χ1v) is 8.49. The predicted octanol–water partition coefficient (Wildman–Crippen LogP) is 5.68. The summed E-state index contributed by atoms with van der Waals surface area (Å²) in [5.41, 5.74) is 5.71. The van der Waals surface area contributed by atoms with Crippen molar-refractivity contribution >= 4 is 0 Å². The van der Waals surface area contributed by atoms with Crippen LogP contribution in [-0.4, -0.2) is 10.2 Å². The number of rotatable bonds is 4. The van der Waals surface area contributed by atoms with Gasteiger partial charge in [-0.1, -0.05) is 54.5 Å². The summed E-state index contributed by atoms with van der Waals surface area (Å²) in [6, 6.07) is 8.03. The number of hydrogen-bond donors (Lipinski definition) is 2. The Morgan fingerprint density at radius 3 is 1.58 bits per heavy atom. The van der Waals surface area contributed by atoms with Crippen LogP contribution >= 0.6 is 0 Å². The number of allylic oxidation sites excluding steroid dienone is 2. The van der Waals surface area contributed by atoms with Gasteiger partial charge in [0.1, 0.15) is 11.5 Å². The van der Waals surface area contributed by atoms with Gasteiger partial charge in [0, 0.05) is 17.0 Å². The number of aryl methyl sites for hydroxylation is 4. The van der Waals surface area contributed by atoms with Crippen LogP contribution in [0.3, 0.4) is 0 Å². The average molecular weight is 324 g/mol. The maximum Gasteiger partial charge on any atom is 0.122 e. The van der Waals surface area contributed by atoms with Crippen molar-refractivity contribution in [3.8, 4) is 11.5 Å². The third kappa shape index (κ3) is 3.48. The average Bonchev–Trinajstić information content (AvgIpc) is 2.49. The molecule has 128 valence electrons. The van der Waals surface area contributed by atoms with E-state index in [4.69, 9.17) is 0 Å². The number of hydrogen-bond acceptors (Lipinski definition) is 2. The van der Waals surface area contributed by atoms with Crippen molar-refractivity contribution in [2.45, 2.75) is 47.5 Å². The van der Waals surface area contributed by atoms with Crippen molar-refractivity contribution in [1.29, 1.82) is 0 Å². The van der Waals surface area contributed by atoms with E-state index in [9.17, 15) is 10.2 Å². The zero-order chi connectivity index (χ0) is 18.0. The van der Waals surface area contributed by atoms with Crippen LogP contribution in [0.25, 0.3) is 0 Å². The molecule has 0 saturated heterocycles. The topological polar surface area (TPSA) is 40.5 Å². The molecule has 2 aromatic rings. The summed E-state index contributed by atoms with van der Waals surface area (Å²) in [7, 11) is 0. The molecule has 0 fully saturated rings. The van der Waals surface area contributed by atoms with Crippen molar-refractivity contribution in [3.63, 3.8) is 0 Å². The molecule has 0 spiro atoms. The fourth-order valence-corrected chi connectivity index (χ4v) is 3.61. The molecule has 0 aliphatic rings. The summed E-state index contributed by atoms with van der Waals surface area (Å²) in [6.07, 6.45) is 4.15. The summed E-state index contributed by atoms with van der Waals surface area (Å²) in [6.45, 7) is 12.0. The van der Waals surface area contributed by atoms with Crippen LogP contribution in [0.2, 0.25) is 0 Å². The molecule has 2 rings (SSSR count). The lowest BCUT2D eigenvalue weighted by molar-refractivity contribution is 0.438. The lowest BCUT2D eigenvalue weighted by Crippen LogP contribution is -2.12. The molecule has 0 aliphatic carbocycles. The minimum atomic E-state index is -0.0987. The van der Waals surface area contributed by atoms with E-state index in [0.717, 1.165) is 33.4 Å². The Morgan fingerprint density at radius 1 is 0.792 bits per heavy atom. The van der Waals surface area contributed by atoms with Gasteiger partial charge in [0.2, 0.25) is 0 Å². The van der Waals surface area contributed by atoms with E-state index in [-0.39, 0.29) is 11.8 Å². The highest BCUT2D eigenvalue weighted by atomic mass is 16.3. The predicted molar refractivity (Wildman–Crippen MR) is 101 cm³/mol. The Hall–Kier alpha value is -2.22. The maximum absolute atomic E-state index is 10.7. The van der Waals surface area contributed by atoms with E-state index in [2.05, 4.69) is 13.0 Å². The molecule has 2 N–H and O–H groups in total. The molecular weight excluding hydrogens is 296 g/mol. The molecule has 0 bridgehead atoms. The van der Waals surface area contributed by atoms with E-state index < -0.39 is 0 Å². The molecule has 0 radical (unpaired) electrons. The van der Waals surface area contributed by atoms with Gasteiger partial charge in [-0.25, -0.2) is 0 Å². The van der Waals surface area contributed by atoms with Gasteiger partial charge in [-0.15, -0.1) is 0 Å². The van der Waals surface area contributed by atoms with E-state index >= 15 is 0 Å². The van der Waals surface area contributed by atoms with E-state index in [1.165, 1.54) is 0 Å². The Kier molecular flexibility index (Phi) is 5.38. The quantitative estimate of drug-likeness (QED) is 0.711. The zero-order valence-electron chi connectivity index (χ0n) is 15.5. The van der Waals surface area contributed by atoms with Gasteiger partial charge in [-0.2, -0.15) is 0 Å². The Balaban J connectivity index is 2.77. The smallest absolute Gasteiger partial charge is 0.122 e. The number of aromatic hydroxyl groups is 2. The first-order valence-electron chi connectivity index (χ1n) is 8.49. The largest absolute Gasteiger partial charge is 0.507 e. The van der Waals surface area contributed by atoms with E-state index in [1.807, 2.05) is 65.0 Å². The summed E-state index contributed by atoms with van der Waals surface area (Å²) in [5.74, 6) is 0.689. The molecule has 2 nitrogen and oxygen atoms in total. The van der Waals surface area contributed by atoms with Crippen molar-refractivity contribution in [2.24, 2.45) is 5.92 Å². The van der Waals surface area contributed by atoms with Crippen LogP contribution in [0.1, 0.15) is 53.1 Å². The van der Waals surface area contributed by atoms with Gasteiger partial charge < -0.3 is 10.2 Å². The van der Waals surface area contributed by atoms with Crippen LogP contribution in [0.15, 0.2) is 36.4 Å². The Bertz CT molecular complexity index is 715. The summed E-state index contributed by atoms with van der Waals surface area (Å²) < 4.78 is 0. The van der Waals surface area contributed by atoms with Gasteiger partial charge in [0.25, 0.3) is 0 Å². The lowest BCUT2D eigenvalue weighted by atomic mass is 9.78. The third-order valence-corrected chi connectivity index (χ3v) is 4.64. The highest BCUT2D eigenvalue weighted by Gasteiger charge is 2.27. The van der Waals surface area contributed by atoms with Crippen LogP contribution in [0, 0.1) is 33.6 Å². The van der Waals surface area contributed by atoms with Crippen LogP contribution in [-0.2, 0) is 0 Å². The molecule has 0 amide bonds. The first kappa shape index (κ1) is 18.1. The monoisotopic (exact) mass is 324 g/mol. The second-order valence-electron chi connectivity index (χ2n) is 6.90. The molecular formula is C22H28O2. The minimum Gasteiger partial charge on any atom is -0.507 e. The van der Waals surface area contributed by atoms with Gasteiger partial charge in [0.05, 0.1) is 0 Å².